The number of hydrogen-bond acceptors (Lipinski definition) is 2. The molecule has 118 valence electrons. The van der Waals surface area contributed by atoms with E-state index in [1.54, 1.807) is 13.8 Å². The molecule has 0 fully saturated rings. The molecule has 0 aromatic heterocycles. The standard InChI is InChI=1S/C14H18ClF3N2O/c1-3-10(4-2)20(8-14(16,17)18)13(21)9-5-6-12(19)11(15)7-9/h5-7,10H,3-4,8,19H2,1-2H3. The summed E-state index contributed by atoms with van der Waals surface area (Å²) in [7, 11) is 0. The third-order valence-corrected chi connectivity index (χ3v) is 3.57. The smallest absolute Gasteiger partial charge is 0.398 e. The van der Waals surface area contributed by atoms with E-state index >= 15 is 0 Å². The van der Waals surface area contributed by atoms with Crippen LogP contribution in [0.2, 0.25) is 5.02 Å². The predicted molar refractivity (Wildman–Crippen MR) is 77.3 cm³/mol. The molecule has 2 N–H and O–H groups in total. The zero-order valence-corrected chi connectivity index (χ0v) is 12.6. The molecule has 1 rings (SSSR count). The summed E-state index contributed by atoms with van der Waals surface area (Å²) in [6.07, 6.45) is -3.56. The first-order valence-corrected chi connectivity index (χ1v) is 7.00. The second kappa shape index (κ2) is 7.02. The van der Waals surface area contributed by atoms with E-state index in [-0.39, 0.29) is 16.3 Å². The minimum atomic E-state index is -4.45. The first-order valence-electron chi connectivity index (χ1n) is 6.62. The van der Waals surface area contributed by atoms with E-state index < -0.39 is 24.7 Å². The van der Waals surface area contributed by atoms with Crippen molar-refractivity contribution in [1.82, 2.24) is 4.90 Å². The maximum absolute atomic E-state index is 12.7. The van der Waals surface area contributed by atoms with Crippen molar-refractivity contribution in [2.24, 2.45) is 0 Å². The van der Waals surface area contributed by atoms with Gasteiger partial charge in [0.1, 0.15) is 6.54 Å². The van der Waals surface area contributed by atoms with Gasteiger partial charge in [0, 0.05) is 11.6 Å². The lowest BCUT2D eigenvalue weighted by atomic mass is 10.1. The number of nitrogens with zero attached hydrogens (tertiary/aromatic N) is 1. The van der Waals surface area contributed by atoms with Gasteiger partial charge in [-0.05, 0) is 31.0 Å². The van der Waals surface area contributed by atoms with E-state index in [4.69, 9.17) is 17.3 Å². The summed E-state index contributed by atoms with van der Waals surface area (Å²) in [5.74, 6) is -0.692. The number of hydrogen-bond donors (Lipinski definition) is 1. The fourth-order valence-corrected chi connectivity index (χ4v) is 2.30. The van der Waals surface area contributed by atoms with Gasteiger partial charge < -0.3 is 10.6 Å². The molecule has 0 aliphatic heterocycles. The number of amides is 1. The van der Waals surface area contributed by atoms with Crippen LogP contribution in [0, 0.1) is 0 Å². The monoisotopic (exact) mass is 322 g/mol. The van der Waals surface area contributed by atoms with E-state index in [0.29, 0.717) is 12.8 Å². The first kappa shape index (κ1) is 17.6. The van der Waals surface area contributed by atoms with Crippen LogP contribution >= 0.6 is 11.6 Å². The number of nitrogen functional groups attached to an aromatic ring is 1. The van der Waals surface area contributed by atoms with Gasteiger partial charge in [-0.2, -0.15) is 13.2 Å². The lowest BCUT2D eigenvalue weighted by molar-refractivity contribution is -0.144. The average molecular weight is 323 g/mol. The Bertz CT molecular complexity index is 501. The van der Waals surface area contributed by atoms with Crippen LogP contribution in [0.1, 0.15) is 37.0 Å². The molecular weight excluding hydrogens is 305 g/mol. The van der Waals surface area contributed by atoms with Crippen molar-refractivity contribution in [3.05, 3.63) is 28.8 Å². The van der Waals surface area contributed by atoms with Crippen molar-refractivity contribution in [3.8, 4) is 0 Å². The molecule has 7 heteroatoms. The van der Waals surface area contributed by atoms with Gasteiger partial charge in [-0.3, -0.25) is 4.79 Å². The maximum atomic E-state index is 12.7. The van der Waals surface area contributed by atoms with Crippen LogP contribution in [0.15, 0.2) is 18.2 Å². The molecule has 1 amide bonds. The summed E-state index contributed by atoms with van der Waals surface area (Å²) >= 11 is 5.83. The molecule has 0 spiro atoms. The Morgan fingerprint density at radius 3 is 2.33 bits per heavy atom. The van der Waals surface area contributed by atoms with Crippen molar-refractivity contribution < 1.29 is 18.0 Å². The van der Waals surface area contributed by atoms with Crippen molar-refractivity contribution in [1.29, 1.82) is 0 Å². The number of benzene rings is 1. The van der Waals surface area contributed by atoms with E-state index in [2.05, 4.69) is 0 Å². The third kappa shape index (κ3) is 4.81. The Kier molecular flexibility index (Phi) is 5.89. The molecule has 21 heavy (non-hydrogen) atoms. The Labute approximate surface area is 126 Å². The van der Waals surface area contributed by atoms with Crippen LogP contribution in [0.3, 0.4) is 0 Å². The van der Waals surface area contributed by atoms with E-state index in [1.165, 1.54) is 18.2 Å². The molecule has 0 unspecified atom stereocenters. The van der Waals surface area contributed by atoms with Gasteiger partial charge in [-0.15, -0.1) is 0 Å². The molecule has 1 aromatic rings. The van der Waals surface area contributed by atoms with Crippen LogP contribution in [-0.2, 0) is 0 Å². The number of carbonyl (C=O) groups is 1. The van der Waals surface area contributed by atoms with Crippen LogP contribution < -0.4 is 5.73 Å². The summed E-state index contributed by atoms with van der Waals surface area (Å²) in [5, 5.41) is 0.150. The Morgan fingerprint density at radius 1 is 1.33 bits per heavy atom. The Hall–Kier alpha value is -1.43. The second-order valence-corrected chi connectivity index (χ2v) is 5.16. The molecule has 0 saturated heterocycles. The van der Waals surface area contributed by atoms with Crippen LogP contribution in [0.4, 0.5) is 18.9 Å². The highest BCUT2D eigenvalue weighted by Crippen LogP contribution is 2.25. The van der Waals surface area contributed by atoms with Crippen LogP contribution in [-0.4, -0.2) is 29.6 Å². The van der Waals surface area contributed by atoms with Gasteiger partial charge in [0.2, 0.25) is 0 Å². The van der Waals surface area contributed by atoms with Crippen molar-refractivity contribution in [2.75, 3.05) is 12.3 Å². The normalized spacial score (nSPS) is 11.8. The number of carbonyl (C=O) groups excluding carboxylic acids is 1. The van der Waals surface area contributed by atoms with Gasteiger partial charge in [0.05, 0.1) is 10.7 Å². The average Bonchev–Trinajstić information content (AvgIpc) is 2.40. The summed E-state index contributed by atoms with van der Waals surface area (Å²) in [4.78, 5) is 13.2. The topological polar surface area (TPSA) is 46.3 Å². The van der Waals surface area contributed by atoms with Crippen molar-refractivity contribution >= 4 is 23.2 Å². The fourth-order valence-electron chi connectivity index (χ4n) is 2.12. The molecule has 0 aliphatic rings. The second-order valence-electron chi connectivity index (χ2n) is 4.75. The zero-order chi connectivity index (χ0) is 16.2. The van der Waals surface area contributed by atoms with E-state index in [0.717, 1.165) is 4.90 Å². The predicted octanol–water partition coefficient (Wildman–Crippen LogP) is 4.12. The summed E-state index contributed by atoms with van der Waals surface area (Å²) < 4.78 is 38.2. The summed E-state index contributed by atoms with van der Waals surface area (Å²) in [6.45, 7) is 2.22. The lowest BCUT2D eigenvalue weighted by Gasteiger charge is -2.31. The minimum absolute atomic E-state index is 0.102. The molecule has 0 saturated carbocycles. The highest BCUT2D eigenvalue weighted by Gasteiger charge is 2.36. The molecule has 1 aromatic carbocycles. The molecule has 0 heterocycles. The highest BCUT2D eigenvalue weighted by atomic mass is 35.5. The largest absolute Gasteiger partial charge is 0.406 e. The summed E-state index contributed by atoms with van der Waals surface area (Å²) in [5.41, 5.74) is 5.92. The van der Waals surface area contributed by atoms with Crippen LogP contribution in [0.5, 0.6) is 0 Å². The number of alkyl halides is 3. The Morgan fingerprint density at radius 2 is 1.90 bits per heavy atom. The van der Waals surface area contributed by atoms with Gasteiger partial charge in [0.25, 0.3) is 5.91 Å². The van der Waals surface area contributed by atoms with Gasteiger partial charge in [-0.25, -0.2) is 0 Å². The molecule has 0 bridgehead atoms. The molecular formula is C14H18ClF3N2O. The number of anilines is 1. The number of halogens is 4. The zero-order valence-electron chi connectivity index (χ0n) is 11.9. The van der Waals surface area contributed by atoms with Crippen molar-refractivity contribution in [3.63, 3.8) is 0 Å². The molecule has 3 nitrogen and oxygen atoms in total. The SMILES string of the molecule is CCC(CC)N(CC(F)(F)F)C(=O)c1ccc(N)c(Cl)c1. The van der Waals surface area contributed by atoms with Crippen LogP contribution in [0.25, 0.3) is 0 Å². The van der Waals surface area contributed by atoms with E-state index in [9.17, 15) is 18.0 Å². The summed E-state index contributed by atoms with van der Waals surface area (Å²) in [6, 6.07) is 3.62. The number of rotatable bonds is 5. The van der Waals surface area contributed by atoms with Gasteiger partial charge in [-0.1, -0.05) is 25.4 Å². The number of nitrogens with two attached hydrogens (primary N) is 1. The fraction of sp³-hybridized carbons (Fsp3) is 0.500. The van der Waals surface area contributed by atoms with Crippen molar-refractivity contribution in [2.45, 2.75) is 38.9 Å². The van der Waals surface area contributed by atoms with Gasteiger partial charge in [0.15, 0.2) is 0 Å². The molecule has 0 aliphatic carbocycles. The molecule has 0 radical (unpaired) electrons. The lowest BCUT2D eigenvalue weighted by Crippen LogP contribution is -2.45. The highest BCUT2D eigenvalue weighted by molar-refractivity contribution is 6.33. The Balaban J connectivity index is 3.11. The molecule has 0 atom stereocenters. The van der Waals surface area contributed by atoms with E-state index in [1.807, 2.05) is 0 Å². The first-order chi connectivity index (χ1) is 9.69. The maximum Gasteiger partial charge on any atom is 0.406 e. The quantitative estimate of drug-likeness (QED) is 0.829. The minimum Gasteiger partial charge on any atom is -0.398 e. The third-order valence-electron chi connectivity index (χ3n) is 3.24. The van der Waals surface area contributed by atoms with Gasteiger partial charge >= 0.3 is 6.18 Å².